The Balaban J connectivity index is 3.69. The van der Waals surface area contributed by atoms with Crippen molar-refractivity contribution in [2.45, 2.75) is 26.3 Å². The third-order valence-corrected chi connectivity index (χ3v) is 1.83. The largest absolute Gasteiger partial charge is 0.367 e. The van der Waals surface area contributed by atoms with Crippen molar-refractivity contribution in [1.82, 2.24) is 4.90 Å². The highest BCUT2D eigenvalue weighted by Gasteiger charge is 2.13. The van der Waals surface area contributed by atoms with E-state index < -0.39 is 0 Å². The highest BCUT2D eigenvalue weighted by molar-refractivity contribution is 4.53. The van der Waals surface area contributed by atoms with Gasteiger partial charge in [0.05, 0.1) is 0 Å². The van der Waals surface area contributed by atoms with Crippen molar-refractivity contribution in [2.75, 3.05) is 21.3 Å². The molecule has 0 aromatic rings. The second kappa shape index (κ2) is 4.66. The molecule has 2 atom stereocenters. The van der Waals surface area contributed by atoms with Crippen LogP contribution in [0.25, 0.3) is 0 Å². The van der Waals surface area contributed by atoms with Gasteiger partial charge < -0.3 is 9.47 Å². The fourth-order valence-corrected chi connectivity index (χ4v) is 0.628. The molecule has 0 radical (unpaired) electrons. The van der Waals surface area contributed by atoms with Gasteiger partial charge in [0.15, 0.2) is 0 Å². The average molecular weight is 147 g/mol. The molecular formula is C7H17NO2. The summed E-state index contributed by atoms with van der Waals surface area (Å²) in [5, 5.41) is 0. The highest BCUT2D eigenvalue weighted by atomic mass is 16.5. The molecule has 0 fully saturated rings. The molecule has 10 heavy (non-hydrogen) atoms. The summed E-state index contributed by atoms with van der Waals surface area (Å²) in [6.45, 7) is 3.96. The van der Waals surface area contributed by atoms with Crippen LogP contribution < -0.4 is 0 Å². The van der Waals surface area contributed by atoms with Crippen LogP contribution in [0.2, 0.25) is 0 Å². The van der Waals surface area contributed by atoms with Gasteiger partial charge in [0, 0.05) is 14.2 Å². The van der Waals surface area contributed by atoms with Gasteiger partial charge in [-0.1, -0.05) is 0 Å². The van der Waals surface area contributed by atoms with Crippen LogP contribution in [0.15, 0.2) is 0 Å². The number of hydrogen-bond donors (Lipinski definition) is 0. The van der Waals surface area contributed by atoms with Crippen molar-refractivity contribution in [1.29, 1.82) is 0 Å². The molecule has 0 rings (SSSR count). The lowest BCUT2D eigenvalue weighted by Crippen LogP contribution is -2.38. The van der Waals surface area contributed by atoms with Crippen molar-refractivity contribution in [3.63, 3.8) is 0 Å². The number of rotatable bonds is 4. The topological polar surface area (TPSA) is 21.7 Å². The van der Waals surface area contributed by atoms with Gasteiger partial charge >= 0.3 is 0 Å². The number of ether oxygens (including phenoxy) is 2. The van der Waals surface area contributed by atoms with E-state index in [-0.39, 0.29) is 12.5 Å². The third kappa shape index (κ3) is 2.64. The molecule has 0 aliphatic rings. The van der Waals surface area contributed by atoms with E-state index in [1.54, 1.807) is 14.2 Å². The first-order valence-electron chi connectivity index (χ1n) is 3.41. The Morgan fingerprint density at radius 2 is 1.30 bits per heavy atom. The van der Waals surface area contributed by atoms with Crippen molar-refractivity contribution in [3.05, 3.63) is 0 Å². The summed E-state index contributed by atoms with van der Waals surface area (Å²) in [5.74, 6) is 0. The van der Waals surface area contributed by atoms with E-state index in [9.17, 15) is 0 Å². The Kier molecular flexibility index (Phi) is 4.60. The van der Waals surface area contributed by atoms with Gasteiger partial charge in [-0.15, -0.1) is 0 Å². The zero-order valence-corrected chi connectivity index (χ0v) is 7.42. The Bertz CT molecular complexity index is 77.7. The first-order valence-corrected chi connectivity index (χ1v) is 3.41. The summed E-state index contributed by atoms with van der Waals surface area (Å²) in [5.41, 5.74) is 0. The van der Waals surface area contributed by atoms with E-state index in [0.717, 1.165) is 0 Å². The molecule has 62 valence electrons. The van der Waals surface area contributed by atoms with Crippen molar-refractivity contribution < 1.29 is 9.47 Å². The van der Waals surface area contributed by atoms with Gasteiger partial charge in [-0.2, -0.15) is 0 Å². The first-order chi connectivity index (χ1) is 4.63. The molecule has 0 heterocycles. The Hall–Kier alpha value is -0.120. The second-order valence-corrected chi connectivity index (χ2v) is 2.34. The van der Waals surface area contributed by atoms with Crippen molar-refractivity contribution >= 4 is 0 Å². The fraction of sp³-hybridized carbons (Fsp3) is 1.00. The van der Waals surface area contributed by atoms with Gasteiger partial charge in [0.2, 0.25) is 0 Å². The van der Waals surface area contributed by atoms with Gasteiger partial charge in [-0.3, -0.25) is 4.90 Å². The van der Waals surface area contributed by atoms with E-state index in [1.165, 1.54) is 0 Å². The van der Waals surface area contributed by atoms with Crippen molar-refractivity contribution in [2.24, 2.45) is 0 Å². The van der Waals surface area contributed by atoms with Crippen LogP contribution in [0, 0.1) is 0 Å². The maximum Gasteiger partial charge on any atom is 0.109 e. The predicted molar refractivity (Wildman–Crippen MR) is 40.7 cm³/mol. The molecule has 0 N–H and O–H groups in total. The van der Waals surface area contributed by atoms with E-state index in [2.05, 4.69) is 0 Å². The molecule has 3 heteroatoms. The lowest BCUT2D eigenvalue weighted by molar-refractivity contribution is -0.102. The van der Waals surface area contributed by atoms with E-state index in [4.69, 9.17) is 9.47 Å². The quantitative estimate of drug-likeness (QED) is 0.551. The molecule has 0 aliphatic carbocycles. The number of hydrogen-bond acceptors (Lipinski definition) is 3. The maximum absolute atomic E-state index is 5.08. The van der Waals surface area contributed by atoms with Crippen LogP contribution in [-0.4, -0.2) is 38.6 Å². The van der Waals surface area contributed by atoms with Crippen LogP contribution in [0.4, 0.5) is 0 Å². The number of nitrogens with zero attached hydrogens (tertiary/aromatic N) is 1. The van der Waals surface area contributed by atoms with E-state index in [1.807, 2.05) is 25.8 Å². The zero-order chi connectivity index (χ0) is 8.15. The van der Waals surface area contributed by atoms with Crippen molar-refractivity contribution in [3.8, 4) is 0 Å². The normalized spacial score (nSPS) is 17.4. The SMILES string of the molecule is COC(C)N(C)C(C)OC. The molecule has 0 amide bonds. The lowest BCUT2D eigenvalue weighted by Gasteiger charge is -2.28. The standard InChI is InChI=1S/C7H17NO2/c1-6(9-4)8(3)7(2)10-5/h6-7H,1-5H3. The van der Waals surface area contributed by atoms with E-state index >= 15 is 0 Å². The van der Waals surface area contributed by atoms with Crippen LogP contribution in [-0.2, 0) is 9.47 Å². The van der Waals surface area contributed by atoms with E-state index in [0.29, 0.717) is 0 Å². The Morgan fingerprint density at radius 3 is 1.50 bits per heavy atom. The monoisotopic (exact) mass is 147 g/mol. The number of methoxy groups -OCH3 is 2. The maximum atomic E-state index is 5.08. The lowest BCUT2D eigenvalue weighted by atomic mass is 10.5. The van der Waals surface area contributed by atoms with Gasteiger partial charge in [0.25, 0.3) is 0 Å². The Labute approximate surface area is 62.9 Å². The highest BCUT2D eigenvalue weighted by Crippen LogP contribution is 2.02. The first kappa shape index (κ1) is 9.88. The summed E-state index contributed by atoms with van der Waals surface area (Å²) in [4.78, 5) is 2.00. The molecule has 0 bridgehead atoms. The molecule has 0 aliphatic heterocycles. The van der Waals surface area contributed by atoms with Crippen LogP contribution in [0.5, 0.6) is 0 Å². The summed E-state index contributed by atoms with van der Waals surface area (Å²) in [6, 6.07) is 0. The minimum atomic E-state index is 0.106. The molecule has 0 aromatic carbocycles. The van der Waals surface area contributed by atoms with Crippen LogP contribution in [0.1, 0.15) is 13.8 Å². The summed E-state index contributed by atoms with van der Waals surface area (Å²) < 4.78 is 10.2. The molecule has 0 aromatic heterocycles. The zero-order valence-electron chi connectivity index (χ0n) is 7.42. The summed E-state index contributed by atoms with van der Waals surface area (Å²) >= 11 is 0. The minimum Gasteiger partial charge on any atom is -0.367 e. The smallest absolute Gasteiger partial charge is 0.109 e. The predicted octanol–water partition coefficient (Wildman–Crippen LogP) is 0.903. The summed E-state index contributed by atoms with van der Waals surface area (Å²) in [6.07, 6.45) is 0.213. The summed E-state index contributed by atoms with van der Waals surface area (Å²) in [7, 11) is 5.33. The molecule has 0 spiro atoms. The average Bonchev–Trinajstić information content (AvgIpc) is 2.00. The van der Waals surface area contributed by atoms with Crippen LogP contribution >= 0.6 is 0 Å². The molecule has 2 unspecified atom stereocenters. The fourth-order valence-electron chi connectivity index (χ4n) is 0.628. The minimum absolute atomic E-state index is 0.106. The molecular weight excluding hydrogens is 130 g/mol. The third-order valence-electron chi connectivity index (χ3n) is 1.83. The van der Waals surface area contributed by atoms with Crippen LogP contribution in [0.3, 0.4) is 0 Å². The molecule has 0 saturated carbocycles. The second-order valence-electron chi connectivity index (χ2n) is 2.34. The van der Waals surface area contributed by atoms with Gasteiger partial charge in [-0.25, -0.2) is 0 Å². The Morgan fingerprint density at radius 1 is 1.00 bits per heavy atom. The van der Waals surface area contributed by atoms with Gasteiger partial charge in [0.1, 0.15) is 12.5 Å². The molecule has 0 saturated heterocycles. The molecule has 3 nitrogen and oxygen atoms in total. The van der Waals surface area contributed by atoms with Gasteiger partial charge in [-0.05, 0) is 20.9 Å².